The highest BCUT2D eigenvalue weighted by Crippen LogP contribution is 2.26. The van der Waals surface area contributed by atoms with Gasteiger partial charge in [-0.25, -0.2) is 9.50 Å². The van der Waals surface area contributed by atoms with Crippen LogP contribution in [0.4, 0.5) is 11.4 Å². The van der Waals surface area contributed by atoms with Gasteiger partial charge < -0.3 is 15.5 Å². The van der Waals surface area contributed by atoms with Crippen molar-refractivity contribution in [2.24, 2.45) is 0 Å². The molecule has 3 heterocycles. The minimum atomic E-state index is -0.217. The molecule has 0 aliphatic carbocycles. The number of benzene rings is 2. The molecule has 0 spiro atoms. The van der Waals surface area contributed by atoms with Gasteiger partial charge in [0.1, 0.15) is 5.69 Å². The number of nitrogens with zero attached hydrogens (tertiary/aromatic N) is 4. The first-order chi connectivity index (χ1) is 15.8. The van der Waals surface area contributed by atoms with Crippen LogP contribution in [0.1, 0.15) is 21.6 Å². The lowest BCUT2D eigenvalue weighted by Gasteiger charge is -2.31. The maximum Gasteiger partial charge on any atom is 0.274 e. The van der Waals surface area contributed by atoms with E-state index in [1.807, 2.05) is 42.6 Å². The molecular weight excluding hydrogens is 400 g/mol. The molecule has 2 N–H and O–H groups in total. The molecular formula is C25H26N6O. The molecule has 32 heavy (non-hydrogen) atoms. The van der Waals surface area contributed by atoms with Crippen LogP contribution < -0.4 is 15.5 Å². The zero-order chi connectivity index (χ0) is 21.8. The number of aryl methyl sites for hydroxylation is 2. The molecule has 5 rings (SSSR count). The van der Waals surface area contributed by atoms with Gasteiger partial charge in [-0.3, -0.25) is 4.79 Å². The summed E-state index contributed by atoms with van der Waals surface area (Å²) in [6, 6.07) is 20.0. The molecule has 2 aromatic heterocycles. The third kappa shape index (κ3) is 4.33. The first-order valence-electron chi connectivity index (χ1n) is 11.0. The Balaban J connectivity index is 1.35. The molecule has 4 aromatic rings. The van der Waals surface area contributed by atoms with E-state index in [0.29, 0.717) is 5.69 Å². The van der Waals surface area contributed by atoms with E-state index in [9.17, 15) is 4.79 Å². The van der Waals surface area contributed by atoms with Gasteiger partial charge in [0.05, 0.1) is 17.6 Å². The predicted molar refractivity (Wildman–Crippen MR) is 126 cm³/mol. The van der Waals surface area contributed by atoms with Gasteiger partial charge in [-0.05, 0) is 36.6 Å². The summed E-state index contributed by atoms with van der Waals surface area (Å²) in [5.74, 6) is -0.217. The quantitative estimate of drug-likeness (QED) is 0.495. The summed E-state index contributed by atoms with van der Waals surface area (Å²) in [6.45, 7) is 3.70. The lowest BCUT2D eigenvalue weighted by molar-refractivity contribution is 0.102. The zero-order valence-electron chi connectivity index (χ0n) is 17.9. The molecule has 1 aliphatic rings. The van der Waals surface area contributed by atoms with E-state index in [2.05, 4.69) is 43.8 Å². The van der Waals surface area contributed by atoms with Crippen molar-refractivity contribution >= 4 is 22.9 Å². The number of hydrogen-bond acceptors (Lipinski definition) is 5. The number of carbonyl (C=O) groups is 1. The first kappa shape index (κ1) is 20.2. The highest BCUT2D eigenvalue weighted by molar-refractivity contribution is 6.05. The summed E-state index contributed by atoms with van der Waals surface area (Å²) in [4.78, 5) is 20.0. The molecule has 0 bridgehead atoms. The van der Waals surface area contributed by atoms with Gasteiger partial charge >= 0.3 is 0 Å². The van der Waals surface area contributed by atoms with Crippen molar-refractivity contribution < 1.29 is 4.79 Å². The highest BCUT2D eigenvalue weighted by atomic mass is 16.1. The van der Waals surface area contributed by atoms with Crippen molar-refractivity contribution in [1.82, 2.24) is 19.9 Å². The maximum absolute atomic E-state index is 13.1. The second-order valence-electron chi connectivity index (χ2n) is 7.94. The SMILES string of the molecule is O=C(Nc1ccccc1N1CCNCC1)c1ccn2ncc(CCc3ccccc3)c2n1. The fourth-order valence-electron chi connectivity index (χ4n) is 4.09. The van der Waals surface area contributed by atoms with E-state index in [4.69, 9.17) is 0 Å². The molecule has 1 fully saturated rings. The number of piperazine rings is 1. The van der Waals surface area contributed by atoms with Crippen LogP contribution in [-0.2, 0) is 12.8 Å². The Morgan fingerprint density at radius 3 is 2.59 bits per heavy atom. The Labute approximate surface area is 187 Å². The molecule has 2 aromatic carbocycles. The van der Waals surface area contributed by atoms with Gasteiger partial charge in [0.15, 0.2) is 5.65 Å². The van der Waals surface area contributed by atoms with E-state index in [1.165, 1.54) is 5.56 Å². The largest absolute Gasteiger partial charge is 0.367 e. The average Bonchev–Trinajstić information content (AvgIpc) is 3.26. The van der Waals surface area contributed by atoms with Crippen LogP contribution in [0.25, 0.3) is 5.65 Å². The van der Waals surface area contributed by atoms with E-state index < -0.39 is 0 Å². The Bertz CT molecular complexity index is 1210. The molecule has 1 amide bonds. The number of amides is 1. The Morgan fingerprint density at radius 2 is 1.75 bits per heavy atom. The van der Waals surface area contributed by atoms with Crippen molar-refractivity contribution in [3.63, 3.8) is 0 Å². The standard InChI is InChI=1S/C25H26N6O/c32-25(29-21-8-4-5-9-23(21)30-16-13-26-14-17-30)22-12-15-31-24(28-22)20(18-27-31)11-10-19-6-2-1-3-7-19/h1-9,12,15,18,26H,10-11,13-14,16-17H2,(H,29,32). The summed E-state index contributed by atoms with van der Waals surface area (Å²) >= 11 is 0. The molecule has 162 valence electrons. The Morgan fingerprint density at radius 1 is 0.969 bits per heavy atom. The average molecular weight is 427 g/mol. The smallest absolute Gasteiger partial charge is 0.274 e. The summed E-state index contributed by atoms with van der Waals surface area (Å²) in [5, 5.41) is 10.8. The third-order valence-electron chi connectivity index (χ3n) is 5.81. The van der Waals surface area contributed by atoms with Gasteiger partial charge in [0.2, 0.25) is 0 Å². The van der Waals surface area contributed by atoms with Crippen molar-refractivity contribution in [2.75, 3.05) is 36.4 Å². The van der Waals surface area contributed by atoms with E-state index in [-0.39, 0.29) is 5.91 Å². The minimum Gasteiger partial charge on any atom is -0.367 e. The number of aromatic nitrogens is 3. The van der Waals surface area contributed by atoms with Gasteiger partial charge in [-0.2, -0.15) is 5.10 Å². The van der Waals surface area contributed by atoms with Crippen molar-refractivity contribution in [3.05, 3.63) is 89.9 Å². The molecule has 0 atom stereocenters. The van der Waals surface area contributed by atoms with Crippen molar-refractivity contribution in [2.45, 2.75) is 12.8 Å². The number of anilines is 2. The molecule has 7 nitrogen and oxygen atoms in total. The van der Waals surface area contributed by atoms with Crippen LogP contribution in [0.15, 0.2) is 73.1 Å². The lowest BCUT2D eigenvalue weighted by atomic mass is 10.1. The summed E-state index contributed by atoms with van der Waals surface area (Å²) in [5.41, 5.74) is 5.25. The number of carbonyl (C=O) groups excluding carboxylic acids is 1. The second-order valence-corrected chi connectivity index (χ2v) is 7.94. The van der Waals surface area contributed by atoms with Crippen LogP contribution in [0.3, 0.4) is 0 Å². The molecule has 1 aliphatic heterocycles. The Hall–Kier alpha value is -3.71. The van der Waals surface area contributed by atoms with Crippen molar-refractivity contribution in [1.29, 1.82) is 0 Å². The highest BCUT2D eigenvalue weighted by Gasteiger charge is 2.17. The number of rotatable bonds is 6. The van der Waals surface area contributed by atoms with Gasteiger partial charge in [-0.1, -0.05) is 42.5 Å². The van der Waals surface area contributed by atoms with Gasteiger partial charge in [0.25, 0.3) is 5.91 Å². The Kier molecular flexibility index (Phi) is 5.81. The van der Waals surface area contributed by atoms with E-state index >= 15 is 0 Å². The number of nitrogens with one attached hydrogen (secondary N) is 2. The summed E-state index contributed by atoms with van der Waals surface area (Å²) in [7, 11) is 0. The molecule has 0 saturated carbocycles. The first-order valence-corrected chi connectivity index (χ1v) is 11.0. The topological polar surface area (TPSA) is 74.6 Å². The molecule has 1 saturated heterocycles. The fraction of sp³-hybridized carbons (Fsp3) is 0.240. The minimum absolute atomic E-state index is 0.217. The van der Waals surface area contributed by atoms with Crippen molar-refractivity contribution in [3.8, 4) is 0 Å². The predicted octanol–water partition coefficient (Wildman–Crippen LogP) is 3.18. The molecule has 0 radical (unpaired) electrons. The number of para-hydroxylation sites is 2. The normalized spacial score (nSPS) is 13.9. The van der Waals surface area contributed by atoms with Gasteiger partial charge in [0, 0.05) is 37.9 Å². The third-order valence-corrected chi connectivity index (χ3v) is 5.81. The zero-order valence-corrected chi connectivity index (χ0v) is 17.9. The second kappa shape index (κ2) is 9.20. The number of fused-ring (bicyclic) bond motifs is 1. The van der Waals surface area contributed by atoms with Gasteiger partial charge in [-0.15, -0.1) is 0 Å². The van der Waals surface area contributed by atoms with Crippen LogP contribution >= 0.6 is 0 Å². The molecule has 0 unspecified atom stereocenters. The molecule has 7 heteroatoms. The summed E-state index contributed by atoms with van der Waals surface area (Å²) in [6.07, 6.45) is 5.36. The van der Waals surface area contributed by atoms with Crippen LogP contribution in [0.2, 0.25) is 0 Å². The lowest BCUT2D eigenvalue weighted by Crippen LogP contribution is -2.43. The maximum atomic E-state index is 13.1. The monoisotopic (exact) mass is 426 g/mol. The number of hydrogen-bond donors (Lipinski definition) is 2. The summed E-state index contributed by atoms with van der Waals surface area (Å²) < 4.78 is 1.73. The fourth-order valence-corrected chi connectivity index (χ4v) is 4.09. The van der Waals surface area contributed by atoms with Crippen LogP contribution in [-0.4, -0.2) is 46.7 Å². The van der Waals surface area contributed by atoms with Crippen LogP contribution in [0, 0.1) is 0 Å². The van der Waals surface area contributed by atoms with E-state index in [0.717, 1.165) is 61.6 Å². The van der Waals surface area contributed by atoms with E-state index in [1.54, 1.807) is 16.8 Å². The van der Waals surface area contributed by atoms with Crippen LogP contribution in [0.5, 0.6) is 0 Å².